The molecule has 6 nitrogen and oxygen atoms in total. The maximum atomic E-state index is 13.2. The number of methoxy groups -OCH3 is 1. The molecular weight excluding hydrogens is 411 g/mol. The van der Waals surface area contributed by atoms with Crippen LogP contribution >= 0.6 is 0 Å². The second kappa shape index (κ2) is 9.65. The molecule has 0 radical (unpaired) electrons. The van der Waals surface area contributed by atoms with Crippen LogP contribution in [0.5, 0.6) is 0 Å². The van der Waals surface area contributed by atoms with Crippen molar-refractivity contribution in [2.75, 3.05) is 7.11 Å². The van der Waals surface area contributed by atoms with Crippen molar-refractivity contribution < 1.29 is 22.6 Å². The maximum absolute atomic E-state index is 13.2. The van der Waals surface area contributed by atoms with Crippen molar-refractivity contribution in [2.24, 2.45) is 11.8 Å². The lowest BCUT2D eigenvalue weighted by Crippen LogP contribution is -2.42. The zero-order valence-corrected chi connectivity index (χ0v) is 19.1. The zero-order valence-electron chi connectivity index (χ0n) is 19.1. The van der Waals surface area contributed by atoms with E-state index in [4.69, 9.17) is 9.47 Å². The van der Waals surface area contributed by atoms with E-state index < -0.39 is 18.4 Å². The molecule has 1 aromatic rings. The molecule has 31 heavy (non-hydrogen) atoms. The van der Waals surface area contributed by atoms with Crippen molar-refractivity contribution in [3.05, 3.63) is 16.3 Å². The molecule has 0 N–H and O–H groups in total. The van der Waals surface area contributed by atoms with Gasteiger partial charge < -0.3 is 9.47 Å². The Balaban J connectivity index is 1.74. The molecule has 178 valence electrons. The van der Waals surface area contributed by atoms with Gasteiger partial charge in [-0.3, -0.25) is 4.57 Å². The molecule has 1 aromatic heterocycles. The minimum Gasteiger partial charge on any atom is -0.354 e. The Morgan fingerprint density at radius 2 is 1.84 bits per heavy atom. The van der Waals surface area contributed by atoms with Gasteiger partial charge in [-0.1, -0.05) is 13.3 Å². The van der Waals surface area contributed by atoms with E-state index in [2.05, 4.69) is 12.0 Å². The van der Waals surface area contributed by atoms with E-state index in [1.807, 2.05) is 13.8 Å². The maximum Gasteiger partial charge on any atom is 0.391 e. The minimum atomic E-state index is -4.12. The molecule has 0 amide bonds. The second-order valence-electron chi connectivity index (χ2n) is 9.70. The van der Waals surface area contributed by atoms with Crippen LogP contribution in [0.3, 0.4) is 0 Å². The molecule has 0 aromatic carbocycles. The highest BCUT2D eigenvalue weighted by Gasteiger charge is 2.42. The number of fused-ring (bicyclic) bond motifs is 1. The van der Waals surface area contributed by atoms with Gasteiger partial charge in [-0.2, -0.15) is 18.3 Å². The minimum absolute atomic E-state index is 0.0460. The lowest BCUT2D eigenvalue weighted by molar-refractivity contribution is -0.213. The van der Waals surface area contributed by atoms with E-state index in [-0.39, 0.29) is 36.1 Å². The molecule has 9 heteroatoms. The average molecular weight is 448 g/mol. The smallest absolute Gasteiger partial charge is 0.354 e. The predicted molar refractivity (Wildman–Crippen MR) is 111 cm³/mol. The molecular formula is C22H36F3N3O3. The van der Waals surface area contributed by atoms with E-state index in [0.717, 1.165) is 25.7 Å². The number of hydrogen-bond donors (Lipinski definition) is 0. The summed E-state index contributed by atoms with van der Waals surface area (Å²) < 4.78 is 53.9. The number of aromatic nitrogens is 3. The van der Waals surface area contributed by atoms with Gasteiger partial charge in [-0.25, -0.2) is 9.48 Å². The number of ether oxygens (including phenoxy) is 2. The summed E-state index contributed by atoms with van der Waals surface area (Å²) in [4.78, 5) is 13.2. The summed E-state index contributed by atoms with van der Waals surface area (Å²) in [5, 5.41) is 4.55. The number of aryl methyl sites for hydroxylation is 1. The van der Waals surface area contributed by atoms with Crippen LogP contribution < -0.4 is 5.69 Å². The Labute approximate surface area is 182 Å². The predicted octanol–water partition coefficient (Wildman–Crippen LogP) is 4.86. The third-order valence-corrected chi connectivity index (χ3v) is 6.75. The van der Waals surface area contributed by atoms with E-state index in [0.29, 0.717) is 31.6 Å². The molecule has 1 aliphatic heterocycles. The van der Waals surface area contributed by atoms with Crippen LogP contribution in [0.1, 0.15) is 84.0 Å². The number of rotatable bonds is 8. The molecule has 1 fully saturated rings. The Morgan fingerprint density at radius 1 is 1.16 bits per heavy atom. The molecule has 1 saturated carbocycles. The fourth-order valence-electron chi connectivity index (χ4n) is 5.12. The largest absolute Gasteiger partial charge is 0.391 e. The van der Waals surface area contributed by atoms with Gasteiger partial charge >= 0.3 is 11.9 Å². The molecule has 2 aliphatic rings. The Hall–Kier alpha value is -1.35. The van der Waals surface area contributed by atoms with Crippen LogP contribution in [0.2, 0.25) is 0 Å². The van der Waals surface area contributed by atoms with Gasteiger partial charge in [0.05, 0.1) is 17.6 Å². The fraction of sp³-hybridized carbons (Fsp3) is 0.909. The summed E-state index contributed by atoms with van der Waals surface area (Å²) in [6.07, 6.45) is 0.723. The number of nitrogens with zero attached hydrogens (tertiary/aromatic N) is 3. The highest BCUT2D eigenvalue weighted by Crippen LogP contribution is 2.40. The fourth-order valence-corrected chi connectivity index (χ4v) is 5.12. The standard InChI is InChI=1S/C22H36F3N3O3/c1-5-13-21(2,3)31-19(30-4)17-7-6-8-18-26-27(20(29)28(17)18)14-15-9-11-16(12-10-15)22(23,24)25/h15-17,19H,5-14H2,1-4H3/t15?,16?,17-,19?/m0/s1. The summed E-state index contributed by atoms with van der Waals surface area (Å²) in [7, 11) is 1.59. The Morgan fingerprint density at radius 3 is 2.42 bits per heavy atom. The monoisotopic (exact) mass is 447 g/mol. The quantitative estimate of drug-likeness (QED) is 0.534. The Bertz CT molecular complexity index is 779. The summed E-state index contributed by atoms with van der Waals surface area (Å²) >= 11 is 0. The number of alkyl halides is 3. The first-order valence-electron chi connectivity index (χ1n) is 11.5. The van der Waals surface area contributed by atoms with Crippen LogP contribution in [-0.4, -0.2) is 39.5 Å². The van der Waals surface area contributed by atoms with Gasteiger partial charge in [-0.05, 0) is 64.7 Å². The number of hydrogen-bond acceptors (Lipinski definition) is 4. The number of halogens is 3. The molecule has 1 aliphatic carbocycles. The van der Waals surface area contributed by atoms with Crippen LogP contribution in [0.25, 0.3) is 0 Å². The van der Waals surface area contributed by atoms with Crippen molar-refractivity contribution in [3.63, 3.8) is 0 Å². The van der Waals surface area contributed by atoms with Gasteiger partial charge in [-0.15, -0.1) is 0 Å². The van der Waals surface area contributed by atoms with Crippen molar-refractivity contribution in [1.29, 1.82) is 0 Å². The first kappa shape index (κ1) is 24.3. The van der Waals surface area contributed by atoms with Gasteiger partial charge in [0.15, 0.2) is 6.29 Å². The summed E-state index contributed by atoms with van der Waals surface area (Å²) in [5.74, 6) is -0.458. The Kier molecular flexibility index (Phi) is 7.56. The normalized spacial score (nSPS) is 26.0. The molecule has 3 rings (SSSR count). The van der Waals surface area contributed by atoms with Crippen molar-refractivity contribution in [1.82, 2.24) is 14.3 Å². The third kappa shape index (κ3) is 5.72. The molecule has 0 spiro atoms. The summed E-state index contributed by atoms with van der Waals surface area (Å²) in [5.41, 5.74) is -0.583. The van der Waals surface area contributed by atoms with Gasteiger partial charge in [0.2, 0.25) is 0 Å². The van der Waals surface area contributed by atoms with Gasteiger partial charge in [0.25, 0.3) is 0 Å². The average Bonchev–Trinajstić information content (AvgIpc) is 3.01. The lowest BCUT2D eigenvalue weighted by Gasteiger charge is -2.36. The van der Waals surface area contributed by atoms with Crippen molar-refractivity contribution in [2.45, 2.75) is 109 Å². The highest BCUT2D eigenvalue weighted by atomic mass is 19.4. The topological polar surface area (TPSA) is 58.3 Å². The van der Waals surface area contributed by atoms with E-state index in [1.165, 1.54) is 4.68 Å². The van der Waals surface area contributed by atoms with E-state index in [1.54, 1.807) is 11.7 Å². The van der Waals surface area contributed by atoms with Crippen LogP contribution in [0.15, 0.2) is 4.79 Å². The summed E-state index contributed by atoms with van der Waals surface area (Å²) in [6.45, 7) is 6.52. The second-order valence-corrected chi connectivity index (χ2v) is 9.70. The molecule has 0 bridgehead atoms. The van der Waals surface area contributed by atoms with Crippen molar-refractivity contribution >= 4 is 0 Å². The first-order valence-corrected chi connectivity index (χ1v) is 11.5. The van der Waals surface area contributed by atoms with Gasteiger partial charge in [0, 0.05) is 20.1 Å². The van der Waals surface area contributed by atoms with E-state index >= 15 is 0 Å². The zero-order chi connectivity index (χ0) is 22.8. The van der Waals surface area contributed by atoms with Crippen molar-refractivity contribution in [3.8, 4) is 0 Å². The highest BCUT2D eigenvalue weighted by molar-refractivity contribution is 4.97. The summed E-state index contributed by atoms with van der Waals surface area (Å²) in [6, 6.07) is -0.257. The van der Waals surface area contributed by atoms with Crippen LogP contribution in [-0.2, 0) is 22.4 Å². The first-order chi connectivity index (χ1) is 14.6. The molecule has 0 saturated heterocycles. The molecule has 1 unspecified atom stereocenters. The van der Waals surface area contributed by atoms with Crippen LogP contribution in [0.4, 0.5) is 13.2 Å². The van der Waals surface area contributed by atoms with Crippen LogP contribution in [0, 0.1) is 11.8 Å². The SMILES string of the molecule is CCCC(C)(C)OC(OC)[C@@H]1CCCc2nn(CC3CCC(C(F)(F)F)CC3)c(=O)n21. The van der Waals surface area contributed by atoms with Gasteiger partial charge in [0.1, 0.15) is 5.82 Å². The molecule has 2 heterocycles. The lowest BCUT2D eigenvalue weighted by atomic mass is 9.81. The molecule has 2 atom stereocenters. The van der Waals surface area contributed by atoms with E-state index in [9.17, 15) is 18.0 Å². The third-order valence-electron chi connectivity index (χ3n) is 6.75.